The minimum Gasteiger partial charge on any atom is -0.462 e. The third kappa shape index (κ3) is 57.9. The highest BCUT2D eigenvalue weighted by atomic mass is 16.6. The standard InChI is InChI=1S/C65H116O6/c1-4-7-10-13-15-17-19-21-23-25-27-29-30-31-32-33-34-36-37-39-41-43-45-47-49-52-55-58-64(67)70-61-62(60-69-63(66)57-54-51-12-9-6-3)71-65(68)59-56-53-50-48-46-44-42-40-38-35-28-26-24-22-20-18-16-14-11-8-5-2/h7,10,15,17,21,23,26-29,62H,4-6,8-9,11-14,16,18-20,22,24-25,30-61H2,1-3H3/b10-7-,17-15-,23-21-,28-26-,29-27-. The van der Waals surface area contributed by atoms with E-state index in [1.165, 1.54) is 186 Å². The largest absolute Gasteiger partial charge is 0.462 e. The summed E-state index contributed by atoms with van der Waals surface area (Å²) in [5, 5.41) is 0. The number of esters is 3. The van der Waals surface area contributed by atoms with Crippen molar-refractivity contribution in [2.45, 2.75) is 322 Å². The van der Waals surface area contributed by atoms with E-state index in [2.05, 4.69) is 81.5 Å². The van der Waals surface area contributed by atoms with Crippen LogP contribution in [0, 0.1) is 0 Å². The molecule has 412 valence electrons. The summed E-state index contributed by atoms with van der Waals surface area (Å²) in [5.74, 6) is -0.876. The van der Waals surface area contributed by atoms with Crippen molar-refractivity contribution in [3.8, 4) is 0 Å². The fraction of sp³-hybridized carbons (Fsp3) is 0.800. The maximum absolute atomic E-state index is 12.8. The first kappa shape index (κ1) is 68.1. The third-order valence-corrected chi connectivity index (χ3v) is 13.5. The number of carbonyl (C=O) groups is 3. The second kappa shape index (κ2) is 59.7. The molecule has 0 rings (SSSR count). The Morgan fingerprint density at radius 2 is 0.549 bits per heavy atom. The Hall–Kier alpha value is -2.89. The first-order valence-corrected chi connectivity index (χ1v) is 30.8. The predicted octanol–water partition coefficient (Wildman–Crippen LogP) is 20.8. The van der Waals surface area contributed by atoms with E-state index in [9.17, 15) is 14.4 Å². The Morgan fingerprint density at radius 1 is 0.296 bits per heavy atom. The molecule has 0 fully saturated rings. The average Bonchev–Trinajstić information content (AvgIpc) is 3.37. The topological polar surface area (TPSA) is 78.9 Å². The average molecular weight is 994 g/mol. The Morgan fingerprint density at radius 3 is 0.873 bits per heavy atom. The van der Waals surface area contributed by atoms with E-state index >= 15 is 0 Å². The summed E-state index contributed by atoms with van der Waals surface area (Å²) in [5.41, 5.74) is 0. The van der Waals surface area contributed by atoms with Crippen LogP contribution in [0.25, 0.3) is 0 Å². The van der Waals surface area contributed by atoms with E-state index in [4.69, 9.17) is 14.2 Å². The normalized spacial score (nSPS) is 12.4. The maximum atomic E-state index is 12.8. The number of allylic oxidation sites excluding steroid dienone is 10. The van der Waals surface area contributed by atoms with Gasteiger partial charge in [0.05, 0.1) is 0 Å². The molecule has 0 heterocycles. The number of rotatable bonds is 56. The number of carbonyl (C=O) groups excluding carboxylic acids is 3. The van der Waals surface area contributed by atoms with E-state index in [1.54, 1.807) is 0 Å². The van der Waals surface area contributed by atoms with Crippen molar-refractivity contribution < 1.29 is 28.6 Å². The zero-order valence-corrected chi connectivity index (χ0v) is 47.2. The van der Waals surface area contributed by atoms with Crippen LogP contribution in [-0.4, -0.2) is 37.2 Å². The van der Waals surface area contributed by atoms with Gasteiger partial charge in [-0.25, -0.2) is 0 Å². The number of hydrogen-bond donors (Lipinski definition) is 0. The van der Waals surface area contributed by atoms with Crippen molar-refractivity contribution in [2.75, 3.05) is 13.2 Å². The van der Waals surface area contributed by atoms with Gasteiger partial charge in [-0.15, -0.1) is 0 Å². The number of hydrogen-bond acceptors (Lipinski definition) is 6. The molecule has 0 aromatic carbocycles. The van der Waals surface area contributed by atoms with E-state index in [1.807, 2.05) is 0 Å². The van der Waals surface area contributed by atoms with Gasteiger partial charge in [0, 0.05) is 19.3 Å². The van der Waals surface area contributed by atoms with Crippen molar-refractivity contribution in [1.82, 2.24) is 0 Å². The van der Waals surface area contributed by atoms with Crippen LogP contribution in [0.5, 0.6) is 0 Å². The fourth-order valence-corrected chi connectivity index (χ4v) is 8.90. The van der Waals surface area contributed by atoms with E-state index in [0.717, 1.165) is 89.9 Å². The van der Waals surface area contributed by atoms with Gasteiger partial charge < -0.3 is 14.2 Å². The molecule has 0 aromatic heterocycles. The van der Waals surface area contributed by atoms with Gasteiger partial charge in [0.25, 0.3) is 0 Å². The molecule has 0 aromatic rings. The van der Waals surface area contributed by atoms with Crippen LogP contribution in [0.1, 0.15) is 316 Å². The minimum atomic E-state index is -0.770. The molecule has 1 unspecified atom stereocenters. The Balaban J connectivity index is 4.02. The molecule has 0 radical (unpaired) electrons. The van der Waals surface area contributed by atoms with Crippen molar-refractivity contribution in [2.24, 2.45) is 0 Å². The lowest BCUT2D eigenvalue weighted by molar-refractivity contribution is -0.167. The van der Waals surface area contributed by atoms with Crippen LogP contribution >= 0.6 is 0 Å². The molecule has 0 aliphatic heterocycles. The summed E-state index contributed by atoms with van der Waals surface area (Å²) in [7, 11) is 0. The molecule has 0 aliphatic carbocycles. The van der Waals surface area contributed by atoms with Crippen LogP contribution in [0.3, 0.4) is 0 Å². The van der Waals surface area contributed by atoms with Crippen molar-refractivity contribution in [3.63, 3.8) is 0 Å². The monoisotopic (exact) mass is 993 g/mol. The molecular weight excluding hydrogens is 877 g/mol. The van der Waals surface area contributed by atoms with Crippen LogP contribution < -0.4 is 0 Å². The summed E-state index contributed by atoms with van der Waals surface area (Å²) < 4.78 is 16.8. The van der Waals surface area contributed by atoms with Gasteiger partial charge in [-0.05, 0) is 83.5 Å². The van der Waals surface area contributed by atoms with Crippen LogP contribution in [0.4, 0.5) is 0 Å². The van der Waals surface area contributed by atoms with Gasteiger partial charge in [0.2, 0.25) is 0 Å². The molecule has 0 N–H and O–H groups in total. The van der Waals surface area contributed by atoms with Crippen molar-refractivity contribution in [3.05, 3.63) is 60.8 Å². The van der Waals surface area contributed by atoms with E-state index in [-0.39, 0.29) is 31.1 Å². The summed E-state index contributed by atoms with van der Waals surface area (Å²) in [6, 6.07) is 0. The molecule has 0 amide bonds. The third-order valence-electron chi connectivity index (χ3n) is 13.5. The van der Waals surface area contributed by atoms with E-state index in [0.29, 0.717) is 19.3 Å². The van der Waals surface area contributed by atoms with Gasteiger partial charge in [-0.2, -0.15) is 0 Å². The van der Waals surface area contributed by atoms with Crippen molar-refractivity contribution in [1.29, 1.82) is 0 Å². The predicted molar refractivity (Wildman–Crippen MR) is 307 cm³/mol. The maximum Gasteiger partial charge on any atom is 0.306 e. The summed E-state index contributed by atoms with van der Waals surface area (Å²) >= 11 is 0. The van der Waals surface area contributed by atoms with Crippen molar-refractivity contribution >= 4 is 17.9 Å². The lowest BCUT2D eigenvalue weighted by Crippen LogP contribution is -2.30. The van der Waals surface area contributed by atoms with Crippen LogP contribution in [0.15, 0.2) is 60.8 Å². The molecule has 6 heteroatoms. The summed E-state index contributed by atoms with van der Waals surface area (Å²) in [4.78, 5) is 37.9. The lowest BCUT2D eigenvalue weighted by Gasteiger charge is -2.18. The Bertz CT molecular complexity index is 1280. The van der Waals surface area contributed by atoms with Gasteiger partial charge >= 0.3 is 17.9 Å². The highest BCUT2D eigenvalue weighted by Gasteiger charge is 2.19. The lowest BCUT2D eigenvalue weighted by atomic mass is 10.0. The Kier molecular flexibility index (Phi) is 57.2. The highest BCUT2D eigenvalue weighted by Crippen LogP contribution is 2.17. The van der Waals surface area contributed by atoms with Crippen LogP contribution in [0.2, 0.25) is 0 Å². The van der Waals surface area contributed by atoms with Gasteiger partial charge in [0.1, 0.15) is 13.2 Å². The molecular formula is C65H116O6. The zero-order valence-electron chi connectivity index (χ0n) is 47.2. The second-order valence-electron chi connectivity index (χ2n) is 20.6. The van der Waals surface area contributed by atoms with E-state index < -0.39 is 6.10 Å². The van der Waals surface area contributed by atoms with Gasteiger partial charge in [-0.1, -0.05) is 274 Å². The highest BCUT2D eigenvalue weighted by molar-refractivity contribution is 5.71. The molecule has 0 spiro atoms. The second-order valence-corrected chi connectivity index (χ2v) is 20.6. The molecule has 71 heavy (non-hydrogen) atoms. The molecule has 1 atom stereocenters. The summed E-state index contributed by atoms with van der Waals surface area (Å²) in [6.45, 7) is 6.48. The van der Waals surface area contributed by atoms with Gasteiger partial charge in [0.15, 0.2) is 6.10 Å². The molecule has 6 nitrogen and oxygen atoms in total. The number of ether oxygens (including phenoxy) is 3. The zero-order chi connectivity index (χ0) is 51.4. The first-order valence-electron chi connectivity index (χ1n) is 30.8. The molecule has 0 saturated carbocycles. The molecule has 0 aliphatic rings. The minimum absolute atomic E-state index is 0.0728. The van der Waals surface area contributed by atoms with Gasteiger partial charge in [-0.3, -0.25) is 14.4 Å². The smallest absolute Gasteiger partial charge is 0.306 e. The fourth-order valence-electron chi connectivity index (χ4n) is 8.90. The SMILES string of the molecule is CC/C=C\C/C=C\C/C=C\C/C=C\CCCCCCCCCCCCCCCCC(=O)OCC(COC(=O)CCCCCCC)OC(=O)CCCCCCCCCCC/C=C\CCCCCCCCCC. The quantitative estimate of drug-likeness (QED) is 0.0261. The number of unbranched alkanes of at least 4 members (excludes halogenated alkanes) is 35. The Labute approximate surface area is 440 Å². The molecule has 0 saturated heterocycles. The van der Waals surface area contributed by atoms with Crippen LogP contribution in [-0.2, 0) is 28.6 Å². The molecule has 0 bridgehead atoms. The summed E-state index contributed by atoms with van der Waals surface area (Å²) in [6.07, 6.45) is 75.6. The first-order chi connectivity index (χ1) is 35.0.